The molecule has 2 amide bonds. The maximum absolute atomic E-state index is 12.4. The van der Waals surface area contributed by atoms with Gasteiger partial charge in [-0.1, -0.05) is 44.2 Å². The third kappa shape index (κ3) is 5.12. The van der Waals surface area contributed by atoms with Crippen molar-refractivity contribution in [2.24, 2.45) is 13.0 Å². The Labute approximate surface area is 141 Å². The van der Waals surface area contributed by atoms with Crippen molar-refractivity contribution in [2.75, 3.05) is 5.32 Å². The smallest absolute Gasteiger partial charge is 0.408 e. The Kier molecular flexibility index (Phi) is 5.95. The fourth-order valence-electron chi connectivity index (χ4n) is 2.13. The van der Waals surface area contributed by atoms with Crippen LogP contribution in [0.15, 0.2) is 42.7 Å². The summed E-state index contributed by atoms with van der Waals surface area (Å²) in [4.78, 5) is 24.3. The number of aryl methyl sites for hydroxylation is 1. The molecule has 0 radical (unpaired) electrons. The summed E-state index contributed by atoms with van der Waals surface area (Å²) in [6.07, 6.45) is 2.60. The molecule has 2 rings (SSSR count). The largest absolute Gasteiger partial charge is 0.445 e. The molecule has 0 unspecified atom stereocenters. The average Bonchev–Trinajstić information content (AvgIpc) is 2.96. The van der Waals surface area contributed by atoms with Crippen molar-refractivity contribution in [3.63, 3.8) is 0 Å². The SMILES string of the molecule is CC(C)[C@H](NC(=O)OCc1ccccc1)C(=O)Nc1cnn(C)c1. The number of hydrogen-bond acceptors (Lipinski definition) is 4. The van der Waals surface area contributed by atoms with E-state index in [1.54, 1.807) is 24.1 Å². The number of carbonyl (C=O) groups excluding carboxylic acids is 2. The molecule has 24 heavy (non-hydrogen) atoms. The molecule has 7 heteroatoms. The molecule has 2 aromatic rings. The molecule has 0 aliphatic heterocycles. The molecule has 0 saturated carbocycles. The summed E-state index contributed by atoms with van der Waals surface area (Å²) in [5, 5.41) is 9.33. The second-order valence-corrected chi connectivity index (χ2v) is 5.82. The van der Waals surface area contributed by atoms with E-state index in [1.807, 2.05) is 44.2 Å². The van der Waals surface area contributed by atoms with Crippen molar-refractivity contribution < 1.29 is 14.3 Å². The zero-order valence-corrected chi connectivity index (χ0v) is 14.0. The highest BCUT2D eigenvalue weighted by Gasteiger charge is 2.25. The number of aromatic nitrogens is 2. The van der Waals surface area contributed by atoms with Gasteiger partial charge in [0.05, 0.1) is 11.9 Å². The minimum atomic E-state index is -0.700. The van der Waals surface area contributed by atoms with Gasteiger partial charge in [0.1, 0.15) is 12.6 Å². The number of ether oxygens (including phenoxy) is 1. The number of hydrogen-bond donors (Lipinski definition) is 2. The number of nitrogens with one attached hydrogen (secondary N) is 2. The number of alkyl carbamates (subject to hydrolysis) is 1. The molecule has 0 fully saturated rings. The van der Waals surface area contributed by atoms with Crippen LogP contribution in [0.5, 0.6) is 0 Å². The molecule has 1 heterocycles. The van der Waals surface area contributed by atoms with E-state index in [0.29, 0.717) is 5.69 Å². The lowest BCUT2D eigenvalue weighted by molar-refractivity contribution is -0.119. The Bertz CT molecular complexity index is 682. The Morgan fingerprint density at radius 1 is 1.25 bits per heavy atom. The first-order valence-electron chi connectivity index (χ1n) is 7.72. The number of amides is 2. The van der Waals surface area contributed by atoms with E-state index in [9.17, 15) is 9.59 Å². The topological polar surface area (TPSA) is 85.2 Å². The molecular weight excluding hydrogens is 308 g/mol. The van der Waals surface area contributed by atoms with Crippen LogP contribution >= 0.6 is 0 Å². The van der Waals surface area contributed by atoms with Crippen molar-refractivity contribution in [3.8, 4) is 0 Å². The standard InChI is InChI=1S/C17H22N4O3/c1-12(2)15(16(22)19-14-9-18-21(3)10-14)20-17(23)24-11-13-7-5-4-6-8-13/h4-10,12,15H,11H2,1-3H3,(H,19,22)(H,20,23)/t15-/m0/s1. The van der Waals surface area contributed by atoms with Gasteiger partial charge < -0.3 is 15.4 Å². The average molecular weight is 330 g/mol. The summed E-state index contributed by atoms with van der Waals surface area (Å²) in [6, 6.07) is 8.66. The summed E-state index contributed by atoms with van der Waals surface area (Å²) >= 11 is 0. The van der Waals surface area contributed by atoms with Crippen LogP contribution in [0.4, 0.5) is 10.5 Å². The van der Waals surface area contributed by atoms with Crippen molar-refractivity contribution in [1.29, 1.82) is 0 Å². The maximum atomic E-state index is 12.4. The zero-order valence-electron chi connectivity index (χ0n) is 14.0. The van der Waals surface area contributed by atoms with Gasteiger partial charge in [-0.2, -0.15) is 5.10 Å². The second kappa shape index (κ2) is 8.14. The van der Waals surface area contributed by atoms with E-state index in [4.69, 9.17) is 4.74 Å². The monoisotopic (exact) mass is 330 g/mol. The number of carbonyl (C=O) groups is 2. The van der Waals surface area contributed by atoms with Crippen LogP contribution < -0.4 is 10.6 Å². The molecule has 1 aromatic carbocycles. The third-order valence-electron chi connectivity index (χ3n) is 3.41. The molecule has 0 saturated heterocycles. The molecule has 0 aliphatic rings. The first-order valence-corrected chi connectivity index (χ1v) is 7.72. The summed E-state index contributed by atoms with van der Waals surface area (Å²) in [5.41, 5.74) is 1.46. The first kappa shape index (κ1) is 17.5. The van der Waals surface area contributed by atoms with Crippen molar-refractivity contribution in [2.45, 2.75) is 26.5 Å². The van der Waals surface area contributed by atoms with Gasteiger partial charge in [0.2, 0.25) is 5.91 Å². The van der Waals surface area contributed by atoms with E-state index in [0.717, 1.165) is 5.56 Å². The molecule has 1 atom stereocenters. The van der Waals surface area contributed by atoms with E-state index in [2.05, 4.69) is 15.7 Å². The van der Waals surface area contributed by atoms with Crippen molar-refractivity contribution in [3.05, 3.63) is 48.3 Å². The van der Waals surface area contributed by atoms with E-state index in [1.165, 1.54) is 0 Å². The van der Waals surface area contributed by atoms with Crippen molar-refractivity contribution >= 4 is 17.7 Å². The van der Waals surface area contributed by atoms with Gasteiger partial charge in [-0.05, 0) is 11.5 Å². The minimum absolute atomic E-state index is 0.0917. The zero-order chi connectivity index (χ0) is 17.5. The third-order valence-corrected chi connectivity index (χ3v) is 3.41. The Hall–Kier alpha value is -2.83. The lowest BCUT2D eigenvalue weighted by Crippen LogP contribution is -2.47. The lowest BCUT2D eigenvalue weighted by atomic mass is 10.0. The summed E-state index contributed by atoms with van der Waals surface area (Å²) in [6.45, 7) is 3.86. The molecule has 128 valence electrons. The van der Waals surface area contributed by atoms with Crippen LogP contribution in [0.2, 0.25) is 0 Å². The van der Waals surface area contributed by atoms with Crippen LogP contribution in [0.3, 0.4) is 0 Å². The second-order valence-electron chi connectivity index (χ2n) is 5.82. The van der Waals surface area contributed by atoms with Gasteiger partial charge in [0.15, 0.2) is 0 Å². The lowest BCUT2D eigenvalue weighted by Gasteiger charge is -2.21. The number of nitrogens with zero attached hydrogens (tertiary/aromatic N) is 2. The number of rotatable bonds is 6. The fourth-order valence-corrected chi connectivity index (χ4v) is 2.13. The quantitative estimate of drug-likeness (QED) is 0.851. The molecule has 0 bridgehead atoms. The van der Waals surface area contributed by atoms with Gasteiger partial charge in [0, 0.05) is 13.2 Å². The Balaban J connectivity index is 1.89. The minimum Gasteiger partial charge on any atom is -0.445 e. The predicted octanol–water partition coefficient (Wildman–Crippen LogP) is 2.31. The fraction of sp³-hybridized carbons (Fsp3) is 0.353. The molecule has 2 N–H and O–H groups in total. The first-order chi connectivity index (χ1) is 11.5. The van der Waals surface area contributed by atoms with E-state index < -0.39 is 12.1 Å². The van der Waals surface area contributed by atoms with Gasteiger partial charge in [-0.15, -0.1) is 0 Å². The van der Waals surface area contributed by atoms with Gasteiger partial charge >= 0.3 is 6.09 Å². The summed E-state index contributed by atoms with van der Waals surface area (Å²) in [7, 11) is 1.76. The summed E-state index contributed by atoms with van der Waals surface area (Å²) < 4.78 is 6.75. The molecule has 0 aliphatic carbocycles. The summed E-state index contributed by atoms with van der Waals surface area (Å²) in [5.74, 6) is -0.402. The maximum Gasteiger partial charge on any atom is 0.408 e. The highest BCUT2D eigenvalue weighted by atomic mass is 16.5. The van der Waals surface area contributed by atoms with Crippen molar-refractivity contribution in [1.82, 2.24) is 15.1 Å². The van der Waals surface area contributed by atoms with Crippen LogP contribution in [-0.2, 0) is 23.2 Å². The van der Waals surface area contributed by atoms with Gasteiger partial charge in [-0.25, -0.2) is 4.79 Å². The van der Waals surface area contributed by atoms with E-state index in [-0.39, 0.29) is 18.4 Å². The number of anilines is 1. The Morgan fingerprint density at radius 3 is 2.54 bits per heavy atom. The molecule has 1 aromatic heterocycles. The molecule has 7 nitrogen and oxygen atoms in total. The van der Waals surface area contributed by atoms with Crippen LogP contribution in [-0.4, -0.2) is 27.8 Å². The van der Waals surface area contributed by atoms with Gasteiger partial charge in [0.25, 0.3) is 0 Å². The molecular formula is C17H22N4O3. The predicted molar refractivity (Wildman–Crippen MR) is 90.2 cm³/mol. The Morgan fingerprint density at radius 2 is 1.96 bits per heavy atom. The highest BCUT2D eigenvalue weighted by Crippen LogP contribution is 2.09. The van der Waals surface area contributed by atoms with Crippen LogP contribution in [0.1, 0.15) is 19.4 Å². The number of benzene rings is 1. The van der Waals surface area contributed by atoms with Crippen LogP contribution in [0, 0.1) is 5.92 Å². The van der Waals surface area contributed by atoms with Gasteiger partial charge in [-0.3, -0.25) is 9.48 Å². The van der Waals surface area contributed by atoms with E-state index >= 15 is 0 Å². The normalized spacial score (nSPS) is 11.8. The molecule has 0 spiro atoms. The highest BCUT2D eigenvalue weighted by molar-refractivity contribution is 5.96. The van der Waals surface area contributed by atoms with Crippen LogP contribution in [0.25, 0.3) is 0 Å².